The molecule has 15 rings (SSSR count). The SMILES string of the molecule is CC(C)c1ccc(N(c2ccc(C(C)C)cc2)c2ccc3c4c2c2ccccc2n4-c2ccc4c5c2B3c2cc(C(C)(C)C)cc3c6cc(C(C)(C)C)cc(c6n-5c23)[Si]42c3cc(C(C)(C)C)ccc3-c3ccc(C(C)(C)C)cc32)cc1. The summed E-state index contributed by atoms with van der Waals surface area (Å²) in [5.74, 6) is 0.875. The van der Waals surface area contributed by atoms with Gasteiger partial charge in [-0.15, -0.1) is 0 Å². The summed E-state index contributed by atoms with van der Waals surface area (Å²) in [6.45, 7) is 38.1. The summed E-state index contributed by atoms with van der Waals surface area (Å²) >= 11 is 0. The number of benzene rings is 9. The van der Waals surface area contributed by atoms with Crippen molar-refractivity contribution in [1.29, 1.82) is 0 Å². The maximum Gasteiger partial charge on any atom is 0.252 e. The van der Waals surface area contributed by atoms with Gasteiger partial charge in [-0.3, -0.25) is 0 Å². The Bertz CT molecular complexity index is 4440. The molecule has 0 amide bonds. The van der Waals surface area contributed by atoms with E-state index in [1.807, 2.05) is 0 Å². The third kappa shape index (κ3) is 6.76. The summed E-state index contributed by atoms with van der Waals surface area (Å²) in [4.78, 5) is 2.54. The summed E-state index contributed by atoms with van der Waals surface area (Å²) in [6, 6.07) is 64.2. The maximum atomic E-state index is 2.83. The quantitative estimate of drug-likeness (QED) is 0.157. The Morgan fingerprint density at radius 2 is 0.938 bits per heavy atom. The zero-order chi connectivity index (χ0) is 56.5. The highest BCUT2D eigenvalue weighted by molar-refractivity contribution is 7.24. The van der Waals surface area contributed by atoms with Crippen LogP contribution in [0.1, 0.15) is 156 Å². The van der Waals surface area contributed by atoms with Gasteiger partial charge in [0.1, 0.15) is 0 Å². The molecule has 0 unspecified atom stereocenters. The van der Waals surface area contributed by atoms with E-state index in [0.29, 0.717) is 11.8 Å². The number of para-hydroxylation sites is 1. The van der Waals surface area contributed by atoms with E-state index in [0.717, 1.165) is 11.4 Å². The first-order valence-corrected chi connectivity index (χ1v) is 32.1. The first-order valence-electron chi connectivity index (χ1n) is 30.1. The Labute approximate surface area is 481 Å². The van der Waals surface area contributed by atoms with Crippen LogP contribution < -0.4 is 42.0 Å². The van der Waals surface area contributed by atoms with E-state index in [1.165, 1.54) is 127 Å². The van der Waals surface area contributed by atoms with Crippen LogP contribution in [0.25, 0.3) is 66.1 Å². The fourth-order valence-corrected chi connectivity index (χ4v) is 20.8. The summed E-state index contributed by atoms with van der Waals surface area (Å²) in [7, 11) is -3.17. The van der Waals surface area contributed by atoms with Gasteiger partial charge in [0.2, 0.25) is 0 Å². The Balaban J connectivity index is 1.13. The van der Waals surface area contributed by atoms with Gasteiger partial charge in [-0.2, -0.15) is 0 Å². The minimum absolute atomic E-state index is 0.0223. The fraction of sp³-hybridized carbons (Fsp3) is 0.289. The Morgan fingerprint density at radius 3 is 1.48 bits per heavy atom. The van der Waals surface area contributed by atoms with Crippen LogP contribution >= 0.6 is 0 Å². The lowest BCUT2D eigenvalue weighted by Crippen LogP contribution is -2.77. The second-order valence-corrected chi connectivity index (χ2v) is 33.0. The Morgan fingerprint density at radius 1 is 0.420 bits per heavy atom. The van der Waals surface area contributed by atoms with Crippen LogP contribution in [0.3, 0.4) is 0 Å². The summed E-state index contributed by atoms with van der Waals surface area (Å²) in [5, 5.41) is 11.5. The van der Waals surface area contributed by atoms with Crippen molar-refractivity contribution in [1.82, 2.24) is 9.13 Å². The molecule has 0 bridgehead atoms. The molecule has 81 heavy (non-hydrogen) atoms. The van der Waals surface area contributed by atoms with Crippen LogP contribution in [0.4, 0.5) is 17.1 Å². The van der Waals surface area contributed by atoms with Crippen LogP contribution in [0, 0.1) is 0 Å². The minimum atomic E-state index is -3.17. The van der Waals surface area contributed by atoms with E-state index in [2.05, 4.69) is 283 Å². The number of aromatic nitrogens is 2. The zero-order valence-electron chi connectivity index (χ0n) is 50.6. The largest absolute Gasteiger partial charge is 0.310 e. The molecule has 0 fully saturated rings. The first kappa shape index (κ1) is 50.6. The van der Waals surface area contributed by atoms with Crippen molar-refractivity contribution in [2.45, 2.75) is 144 Å². The van der Waals surface area contributed by atoms with Crippen LogP contribution in [-0.4, -0.2) is 23.9 Å². The van der Waals surface area contributed by atoms with Gasteiger partial charge in [0.25, 0.3) is 6.71 Å². The summed E-state index contributed by atoms with van der Waals surface area (Å²) in [6.07, 6.45) is 0. The molecule has 5 heteroatoms. The smallest absolute Gasteiger partial charge is 0.252 e. The third-order valence-electron chi connectivity index (χ3n) is 19.7. The third-order valence-corrected chi connectivity index (χ3v) is 24.5. The number of hydrogen-bond acceptors (Lipinski definition) is 1. The van der Waals surface area contributed by atoms with Crippen molar-refractivity contribution >= 4 is 113 Å². The predicted molar refractivity (Wildman–Crippen MR) is 354 cm³/mol. The standard InChI is InChI=1S/C76H76BN3Si/c1-43(2)45-21-27-51(28-22-45)78(52-29-23-46(24-30-52)44(3)4)61-34-33-58-71-67(61)55-19-17-18-20-60(55)79(71)62-35-36-63-72-68(62)77(58)59-39-49(75(11,12)13)37-56-57-38-50(76(14,15)16)42-66(70(57)80(72)69(56)59)81(63)64-40-47(73(5,6)7)25-31-53(64)54-32-26-48(41-65(54)81)74(8,9)10/h17-44H,1-16H3. The predicted octanol–water partition coefficient (Wildman–Crippen LogP) is 15.6. The second-order valence-electron chi connectivity index (χ2n) is 29.4. The molecule has 0 atom stereocenters. The highest BCUT2D eigenvalue weighted by Gasteiger charge is 2.57. The van der Waals surface area contributed by atoms with E-state index >= 15 is 0 Å². The first-order chi connectivity index (χ1) is 38.4. The molecule has 0 saturated carbocycles. The molecule has 3 nitrogen and oxygen atoms in total. The van der Waals surface area contributed by atoms with Crippen LogP contribution in [-0.2, 0) is 21.7 Å². The van der Waals surface area contributed by atoms with Gasteiger partial charge < -0.3 is 14.0 Å². The minimum Gasteiger partial charge on any atom is -0.310 e. The molecule has 1 spiro atoms. The lowest BCUT2D eigenvalue weighted by molar-refractivity contribution is 0.590. The van der Waals surface area contributed by atoms with Crippen molar-refractivity contribution < 1.29 is 0 Å². The van der Waals surface area contributed by atoms with Crippen molar-refractivity contribution in [3.8, 4) is 22.5 Å². The van der Waals surface area contributed by atoms with E-state index in [-0.39, 0.29) is 28.4 Å². The van der Waals surface area contributed by atoms with Crippen molar-refractivity contribution in [2.75, 3.05) is 4.90 Å². The Kier molecular flexibility index (Phi) is 10.3. The van der Waals surface area contributed by atoms with Gasteiger partial charge in [-0.25, -0.2) is 0 Å². The topological polar surface area (TPSA) is 13.1 Å². The average Bonchev–Trinajstić information content (AvgIpc) is 1.65. The lowest BCUT2D eigenvalue weighted by atomic mass is 9.34. The molecular formula is C76H76BN3Si. The number of nitrogens with zero attached hydrogens (tertiary/aromatic N) is 3. The highest BCUT2D eigenvalue weighted by Crippen LogP contribution is 2.49. The highest BCUT2D eigenvalue weighted by atomic mass is 28.3. The van der Waals surface area contributed by atoms with Gasteiger partial charge in [0.15, 0.2) is 8.07 Å². The van der Waals surface area contributed by atoms with Gasteiger partial charge in [-0.1, -0.05) is 214 Å². The lowest BCUT2D eigenvalue weighted by Gasteiger charge is -2.43. The van der Waals surface area contributed by atoms with Gasteiger partial charge in [0.05, 0.1) is 22.2 Å². The van der Waals surface area contributed by atoms with Crippen molar-refractivity contribution in [2.24, 2.45) is 0 Å². The summed E-state index contributed by atoms with van der Waals surface area (Å²) in [5.41, 5.74) is 26.7. The van der Waals surface area contributed by atoms with E-state index in [9.17, 15) is 0 Å². The number of hydrogen-bond donors (Lipinski definition) is 0. The normalized spacial score (nSPS) is 14.7. The molecule has 0 aliphatic carbocycles. The Hall–Kier alpha value is -7.34. The van der Waals surface area contributed by atoms with Crippen LogP contribution in [0.15, 0.2) is 158 Å². The second kappa shape index (κ2) is 16.4. The molecule has 0 N–H and O–H groups in total. The van der Waals surface area contributed by atoms with E-state index in [4.69, 9.17) is 0 Å². The molecular weight excluding hydrogens is 994 g/mol. The molecule has 9 aromatic carbocycles. The molecule has 4 aliphatic heterocycles. The molecule has 2 aromatic heterocycles. The van der Waals surface area contributed by atoms with Crippen molar-refractivity contribution in [3.63, 3.8) is 0 Å². The average molecular weight is 1070 g/mol. The number of anilines is 3. The molecule has 11 aromatic rings. The summed E-state index contributed by atoms with van der Waals surface area (Å²) < 4.78 is 5.54. The molecule has 6 heterocycles. The fourth-order valence-electron chi connectivity index (χ4n) is 15.2. The number of fused-ring (bicyclic) bond motifs is 14. The monoisotopic (exact) mass is 1070 g/mol. The molecule has 0 radical (unpaired) electrons. The number of rotatable bonds is 5. The molecule has 402 valence electrons. The van der Waals surface area contributed by atoms with Gasteiger partial charge >= 0.3 is 0 Å². The molecule has 4 aliphatic rings. The van der Waals surface area contributed by atoms with Crippen molar-refractivity contribution in [3.05, 3.63) is 191 Å². The van der Waals surface area contributed by atoms with E-state index in [1.54, 1.807) is 15.6 Å². The van der Waals surface area contributed by atoms with Crippen LogP contribution in [0.2, 0.25) is 0 Å². The molecule has 0 saturated heterocycles. The van der Waals surface area contributed by atoms with Gasteiger partial charge in [0, 0.05) is 49.8 Å². The van der Waals surface area contributed by atoms with Crippen LogP contribution in [0.5, 0.6) is 0 Å². The van der Waals surface area contributed by atoms with Gasteiger partial charge in [-0.05, 0) is 170 Å². The zero-order valence-corrected chi connectivity index (χ0v) is 51.6. The maximum absolute atomic E-state index is 3.17. The van der Waals surface area contributed by atoms with E-state index < -0.39 is 8.07 Å².